The summed E-state index contributed by atoms with van der Waals surface area (Å²) in [4.78, 5) is 14.8. The van der Waals surface area contributed by atoms with Gasteiger partial charge in [-0.05, 0) is 128 Å². The number of hydrogen-bond donors (Lipinski definition) is 2. The molecule has 6 nitrogen and oxygen atoms in total. The number of morpholine rings is 1. The van der Waals surface area contributed by atoms with Crippen molar-refractivity contribution in [1.82, 2.24) is 4.90 Å². The Hall–Kier alpha value is -0.690. The number of aliphatic hydroxyl groups excluding tert-OH is 2. The van der Waals surface area contributed by atoms with E-state index in [0.717, 1.165) is 43.9 Å². The fourth-order valence-electron chi connectivity index (χ4n) is 12.4. The highest BCUT2D eigenvalue weighted by Crippen LogP contribution is 2.88. The van der Waals surface area contributed by atoms with Crippen LogP contribution in [-0.2, 0) is 14.3 Å². The van der Waals surface area contributed by atoms with E-state index in [9.17, 15) is 15.0 Å². The fourth-order valence-corrected chi connectivity index (χ4v) is 12.4. The molecule has 1 saturated heterocycles. The third kappa shape index (κ3) is 4.12. The van der Waals surface area contributed by atoms with E-state index in [-0.39, 0.29) is 36.4 Å². The van der Waals surface area contributed by atoms with E-state index in [4.69, 9.17) is 9.47 Å². The van der Waals surface area contributed by atoms with Crippen molar-refractivity contribution >= 4 is 5.91 Å². The third-order valence-electron chi connectivity index (χ3n) is 14.3. The predicted molar refractivity (Wildman–Crippen MR) is 153 cm³/mol. The maximum Gasteiger partial charge on any atom is 0.223 e. The average molecular weight is 558 g/mol. The third-order valence-corrected chi connectivity index (χ3v) is 14.3. The summed E-state index contributed by atoms with van der Waals surface area (Å²) in [5, 5.41) is 20.5. The van der Waals surface area contributed by atoms with E-state index in [2.05, 4.69) is 20.8 Å². The van der Waals surface area contributed by atoms with E-state index in [1.807, 2.05) is 4.90 Å². The number of rotatable bonds is 8. The number of unbranched alkanes of at least 4 members (excludes halogenated alkanes) is 1. The Morgan fingerprint density at radius 2 is 1.82 bits per heavy atom. The molecular formula is C34H55NO5. The van der Waals surface area contributed by atoms with Crippen LogP contribution in [0, 0.1) is 57.7 Å². The number of amides is 1. The van der Waals surface area contributed by atoms with Gasteiger partial charge in [-0.3, -0.25) is 4.79 Å². The molecule has 6 aliphatic carbocycles. The summed E-state index contributed by atoms with van der Waals surface area (Å²) >= 11 is 0. The quantitative estimate of drug-likeness (QED) is 0.391. The van der Waals surface area contributed by atoms with Gasteiger partial charge in [0.2, 0.25) is 5.91 Å². The molecule has 6 saturated carbocycles. The van der Waals surface area contributed by atoms with Crippen LogP contribution < -0.4 is 0 Å². The van der Waals surface area contributed by atoms with Gasteiger partial charge in [0.1, 0.15) is 0 Å². The van der Waals surface area contributed by atoms with Crippen LogP contribution in [-0.4, -0.2) is 65.8 Å². The number of aliphatic hydroxyl groups is 2. The molecule has 0 aromatic carbocycles. The molecule has 1 heterocycles. The molecule has 5 unspecified atom stereocenters. The van der Waals surface area contributed by atoms with Crippen LogP contribution in [0.25, 0.3) is 0 Å². The molecule has 40 heavy (non-hydrogen) atoms. The molecule has 0 aromatic heterocycles. The Bertz CT molecular complexity index is 966. The number of hydrogen-bond acceptors (Lipinski definition) is 5. The van der Waals surface area contributed by atoms with Crippen molar-refractivity contribution < 1.29 is 24.5 Å². The molecular weight excluding hydrogens is 502 g/mol. The molecule has 0 bridgehead atoms. The Kier molecular flexibility index (Phi) is 7.17. The second-order valence-electron chi connectivity index (χ2n) is 15.9. The minimum absolute atomic E-state index is 0.0868. The molecule has 1 amide bonds. The van der Waals surface area contributed by atoms with Gasteiger partial charge in [-0.2, -0.15) is 0 Å². The largest absolute Gasteiger partial charge is 0.396 e. The van der Waals surface area contributed by atoms with Crippen molar-refractivity contribution in [2.45, 2.75) is 123 Å². The molecule has 2 spiro atoms. The lowest BCUT2D eigenvalue weighted by molar-refractivity contribution is -0.244. The summed E-state index contributed by atoms with van der Waals surface area (Å²) in [7, 11) is 0. The summed E-state index contributed by atoms with van der Waals surface area (Å²) in [5.74, 6) is 4.95. The molecule has 0 radical (unpaired) electrons. The topological polar surface area (TPSA) is 79.2 Å². The lowest BCUT2D eigenvalue weighted by atomic mass is 9.48. The molecule has 226 valence electrons. The highest BCUT2D eigenvalue weighted by atomic mass is 16.7. The van der Waals surface area contributed by atoms with E-state index < -0.39 is 0 Å². The van der Waals surface area contributed by atoms with Crippen molar-refractivity contribution in [3.63, 3.8) is 0 Å². The Morgan fingerprint density at radius 1 is 1.02 bits per heavy atom. The monoisotopic (exact) mass is 557 g/mol. The molecule has 7 fully saturated rings. The van der Waals surface area contributed by atoms with Crippen LogP contribution in [0.4, 0.5) is 0 Å². The van der Waals surface area contributed by atoms with Gasteiger partial charge in [0.05, 0.1) is 25.4 Å². The van der Waals surface area contributed by atoms with Gasteiger partial charge in [0.25, 0.3) is 0 Å². The van der Waals surface area contributed by atoms with E-state index in [1.165, 1.54) is 44.9 Å². The summed E-state index contributed by atoms with van der Waals surface area (Å²) in [6.07, 6.45) is 14.5. The smallest absolute Gasteiger partial charge is 0.223 e. The Morgan fingerprint density at radius 3 is 2.60 bits per heavy atom. The molecule has 0 aromatic rings. The van der Waals surface area contributed by atoms with Crippen LogP contribution in [0.15, 0.2) is 0 Å². The van der Waals surface area contributed by atoms with Crippen LogP contribution >= 0.6 is 0 Å². The van der Waals surface area contributed by atoms with Crippen LogP contribution in [0.3, 0.4) is 0 Å². The van der Waals surface area contributed by atoms with Gasteiger partial charge in [0.15, 0.2) is 6.29 Å². The van der Waals surface area contributed by atoms with E-state index in [1.54, 1.807) is 0 Å². The second kappa shape index (κ2) is 10.2. The average Bonchev–Trinajstić information content (AvgIpc) is 3.81. The summed E-state index contributed by atoms with van der Waals surface area (Å²) in [6.45, 7) is 9.67. The molecule has 7 aliphatic rings. The van der Waals surface area contributed by atoms with Crippen molar-refractivity contribution in [3.8, 4) is 0 Å². The maximum absolute atomic E-state index is 12.8. The molecule has 1 aliphatic heterocycles. The van der Waals surface area contributed by atoms with Gasteiger partial charge < -0.3 is 24.6 Å². The van der Waals surface area contributed by atoms with Gasteiger partial charge in [-0.15, -0.1) is 0 Å². The first kappa shape index (κ1) is 28.1. The van der Waals surface area contributed by atoms with Crippen molar-refractivity contribution in [2.75, 3.05) is 26.3 Å². The lowest BCUT2D eigenvalue weighted by Crippen LogP contribution is -2.55. The number of carbonyl (C=O) groups is 1. The summed E-state index contributed by atoms with van der Waals surface area (Å²) in [6, 6.07) is 0. The first-order valence-electron chi connectivity index (χ1n) is 17.1. The summed E-state index contributed by atoms with van der Waals surface area (Å²) < 4.78 is 12.9. The van der Waals surface area contributed by atoms with Crippen LogP contribution in [0.2, 0.25) is 0 Å². The summed E-state index contributed by atoms with van der Waals surface area (Å²) in [5.41, 5.74) is 0.986. The fraction of sp³-hybridized carbons (Fsp3) is 0.971. The predicted octanol–water partition coefficient (Wildman–Crippen LogP) is 5.39. The lowest BCUT2D eigenvalue weighted by Gasteiger charge is -2.58. The SMILES string of the molecule is C[C@@H]1C23CC[C@H](OC4CN(C(=O)CC5CC5)CCO4)C(C)(C)C2CC[C@H]2C4C[C@@H](O)[C@H](CCCCO)C4CC[C@]123. The van der Waals surface area contributed by atoms with Crippen molar-refractivity contribution in [2.24, 2.45) is 57.7 Å². The standard InChI is InChI=1S/C34H55NO5/c1-21-33-13-11-23-24(6-4-5-16-36)27(37)19-25(23)26(33)9-10-28-32(2,3)29(12-14-34(21,28)33)40-31-20-35(15-17-39-31)30(38)18-22-7-8-22/h21-29,31,36-37H,4-20H2,1-3H3/t21-,23?,24+,25?,26-,27+,28?,29-,31?,33-,34?/m0/s1. The van der Waals surface area contributed by atoms with Crippen LogP contribution in [0.1, 0.15) is 104 Å². The number of carbonyl (C=O) groups excluding carboxylic acids is 1. The highest BCUT2D eigenvalue weighted by molar-refractivity contribution is 5.76. The minimum Gasteiger partial charge on any atom is -0.396 e. The van der Waals surface area contributed by atoms with Gasteiger partial charge in [0, 0.05) is 19.6 Å². The normalized spacial score (nSPS) is 49.0. The maximum atomic E-state index is 12.8. The van der Waals surface area contributed by atoms with Crippen molar-refractivity contribution in [1.29, 1.82) is 0 Å². The highest BCUT2D eigenvalue weighted by Gasteiger charge is 2.83. The molecule has 11 atom stereocenters. The second-order valence-corrected chi connectivity index (χ2v) is 15.9. The Balaban J connectivity index is 1.04. The molecule has 2 N–H and O–H groups in total. The number of ether oxygens (including phenoxy) is 2. The van der Waals surface area contributed by atoms with Crippen molar-refractivity contribution in [3.05, 3.63) is 0 Å². The first-order valence-corrected chi connectivity index (χ1v) is 17.1. The zero-order chi connectivity index (χ0) is 27.9. The minimum atomic E-state index is -0.296. The van der Waals surface area contributed by atoms with Crippen LogP contribution in [0.5, 0.6) is 0 Å². The first-order chi connectivity index (χ1) is 19.2. The van der Waals surface area contributed by atoms with E-state index >= 15 is 0 Å². The van der Waals surface area contributed by atoms with E-state index in [0.29, 0.717) is 66.5 Å². The molecule has 6 heteroatoms. The zero-order valence-corrected chi connectivity index (χ0v) is 25.4. The Labute approximate surface area is 241 Å². The van der Waals surface area contributed by atoms with Gasteiger partial charge >= 0.3 is 0 Å². The zero-order valence-electron chi connectivity index (χ0n) is 25.4. The van der Waals surface area contributed by atoms with Gasteiger partial charge in [-0.1, -0.05) is 27.2 Å². The number of fused-ring (bicyclic) bond motifs is 2. The van der Waals surface area contributed by atoms with Gasteiger partial charge in [-0.25, -0.2) is 0 Å². The molecule has 7 rings (SSSR count). The number of nitrogens with zero attached hydrogens (tertiary/aromatic N) is 1.